The Morgan fingerprint density at radius 2 is 1.62 bits per heavy atom. The Bertz CT molecular complexity index is 1560. The quantitative estimate of drug-likeness (QED) is 0.212. The normalized spacial score (nSPS) is 16.9. The number of ether oxygens (including phenoxy) is 3. The minimum atomic E-state index is -0.927. The Balaban J connectivity index is 1.75. The van der Waals surface area contributed by atoms with Crippen LogP contribution in [0.1, 0.15) is 22.7 Å². The van der Waals surface area contributed by atoms with Crippen LogP contribution in [0.25, 0.3) is 16.0 Å². The summed E-state index contributed by atoms with van der Waals surface area (Å²) < 4.78 is 16.9. The Morgan fingerprint density at radius 3 is 2.30 bits per heavy atom. The molecule has 1 aromatic heterocycles. The largest absolute Gasteiger partial charge is 0.507 e. The Kier molecular flexibility index (Phi) is 6.31. The zero-order chi connectivity index (χ0) is 26.3. The molecule has 4 aromatic rings. The van der Waals surface area contributed by atoms with E-state index in [9.17, 15) is 14.7 Å². The van der Waals surface area contributed by atoms with Gasteiger partial charge in [0, 0.05) is 0 Å². The summed E-state index contributed by atoms with van der Waals surface area (Å²) in [6, 6.07) is 16.7. The van der Waals surface area contributed by atoms with E-state index in [1.807, 2.05) is 25.1 Å². The van der Waals surface area contributed by atoms with E-state index in [0.29, 0.717) is 27.9 Å². The van der Waals surface area contributed by atoms with Gasteiger partial charge in [0.05, 0.1) is 48.7 Å². The van der Waals surface area contributed by atoms with Gasteiger partial charge in [0.15, 0.2) is 5.13 Å². The number of hydrogen-bond acceptors (Lipinski definition) is 8. The van der Waals surface area contributed by atoms with Crippen LogP contribution in [0, 0.1) is 6.92 Å². The van der Waals surface area contributed by atoms with Gasteiger partial charge in [-0.25, -0.2) is 4.98 Å². The molecule has 1 unspecified atom stereocenters. The Labute approximate surface area is 217 Å². The molecular weight excluding hydrogens is 492 g/mol. The number of aromatic nitrogens is 1. The molecule has 1 aliphatic heterocycles. The molecule has 188 valence electrons. The highest BCUT2D eigenvalue weighted by molar-refractivity contribution is 7.22. The van der Waals surface area contributed by atoms with E-state index in [4.69, 9.17) is 14.2 Å². The number of thiazole rings is 1. The molecule has 0 bridgehead atoms. The first kappa shape index (κ1) is 24.3. The van der Waals surface area contributed by atoms with Gasteiger partial charge in [0.1, 0.15) is 23.0 Å². The maximum atomic E-state index is 13.5. The van der Waals surface area contributed by atoms with Crippen molar-refractivity contribution in [2.45, 2.75) is 13.0 Å². The van der Waals surface area contributed by atoms with Crippen LogP contribution >= 0.6 is 11.3 Å². The fraction of sp³-hybridized carbons (Fsp3) is 0.179. The number of aliphatic hydroxyl groups is 1. The molecule has 1 atom stereocenters. The van der Waals surface area contributed by atoms with Gasteiger partial charge >= 0.3 is 5.91 Å². The van der Waals surface area contributed by atoms with Gasteiger partial charge in [-0.2, -0.15) is 0 Å². The minimum absolute atomic E-state index is 0.0721. The molecule has 0 spiro atoms. The second-order valence-electron chi connectivity index (χ2n) is 8.48. The zero-order valence-corrected chi connectivity index (χ0v) is 21.5. The average Bonchev–Trinajstić information content (AvgIpc) is 3.45. The van der Waals surface area contributed by atoms with Crippen molar-refractivity contribution in [2.24, 2.45) is 0 Å². The first-order valence-electron chi connectivity index (χ1n) is 11.4. The smallest absolute Gasteiger partial charge is 0.301 e. The van der Waals surface area contributed by atoms with Crippen LogP contribution in [0.4, 0.5) is 5.13 Å². The predicted octanol–water partition coefficient (Wildman–Crippen LogP) is 5.26. The summed E-state index contributed by atoms with van der Waals surface area (Å²) in [5, 5.41) is 11.9. The number of aryl methyl sites for hydroxylation is 1. The van der Waals surface area contributed by atoms with Crippen molar-refractivity contribution in [3.05, 3.63) is 82.9 Å². The van der Waals surface area contributed by atoms with Crippen molar-refractivity contribution in [3.63, 3.8) is 0 Å². The number of fused-ring (bicyclic) bond motifs is 1. The van der Waals surface area contributed by atoms with Gasteiger partial charge < -0.3 is 19.3 Å². The number of benzene rings is 3. The summed E-state index contributed by atoms with van der Waals surface area (Å²) in [7, 11) is 4.51. The van der Waals surface area contributed by atoms with Crippen molar-refractivity contribution in [1.29, 1.82) is 0 Å². The van der Waals surface area contributed by atoms with E-state index in [1.165, 1.54) is 30.5 Å². The zero-order valence-electron chi connectivity index (χ0n) is 20.6. The number of ketones is 1. The summed E-state index contributed by atoms with van der Waals surface area (Å²) in [6.07, 6.45) is 0. The van der Waals surface area contributed by atoms with Gasteiger partial charge in [-0.1, -0.05) is 29.5 Å². The Hall–Kier alpha value is -4.37. The number of carbonyl (C=O) groups excluding carboxylic acids is 2. The molecule has 0 radical (unpaired) electrons. The first-order valence-corrected chi connectivity index (χ1v) is 12.2. The summed E-state index contributed by atoms with van der Waals surface area (Å²) >= 11 is 1.31. The van der Waals surface area contributed by atoms with Crippen molar-refractivity contribution in [1.82, 2.24) is 4.98 Å². The lowest BCUT2D eigenvalue weighted by atomic mass is 9.95. The maximum absolute atomic E-state index is 13.5. The van der Waals surface area contributed by atoms with Crippen molar-refractivity contribution in [2.75, 3.05) is 26.2 Å². The van der Waals surface area contributed by atoms with Gasteiger partial charge in [-0.15, -0.1) is 0 Å². The molecule has 1 fully saturated rings. The number of hydrogen-bond donors (Lipinski definition) is 1. The van der Waals surface area contributed by atoms with Crippen LogP contribution in [-0.4, -0.2) is 43.1 Å². The highest BCUT2D eigenvalue weighted by Crippen LogP contribution is 2.45. The molecule has 1 saturated heterocycles. The standard InChI is InChI=1S/C28H24N2O6S/c1-15-5-11-20-22(13-15)37-28(29-20)30-24(16-6-8-17(34-2)9-7-16)23(26(32)27(30)33)25(31)19-14-18(35-3)10-12-21(19)36-4/h5-14,24,31H,1-4H3/b25-23+. The van der Waals surface area contributed by atoms with Gasteiger partial charge in [-0.3, -0.25) is 14.5 Å². The molecule has 8 nitrogen and oxygen atoms in total. The number of nitrogens with zero attached hydrogens (tertiary/aromatic N) is 2. The summed E-state index contributed by atoms with van der Waals surface area (Å²) in [6.45, 7) is 1.98. The van der Waals surface area contributed by atoms with E-state index in [0.717, 1.165) is 15.8 Å². The first-order chi connectivity index (χ1) is 17.9. The molecule has 1 aliphatic rings. The van der Waals surface area contributed by atoms with E-state index < -0.39 is 17.7 Å². The van der Waals surface area contributed by atoms with Crippen LogP contribution in [0.2, 0.25) is 0 Å². The number of methoxy groups -OCH3 is 3. The van der Waals surface area contributed by atoms with Gasteiger partial charge in [0.25, 0.3) is 5.78 Å². The molecule has 5 rings (SSSR count). The van der Waals surface area contributed by atoms with Gasteiger partial charge in [0.2, 0.25) is 0 Å². The monoisotopic (exact) mass is 516 g/mol. The van der Waals surface area contributed by atoms with Crippen LogP contribution in [0.3, 0.4) is 0 Å². The molecule has 9 heteroatoms. The molecule has 0 saturated carbocycles. The molecule has 1 amide bonds. The second kappa shape index (κ2) is 9.59. The number of Topliss-reactive ketones (excluding diaryl/α,β-unsaturated/α-hetero) is 1. The summed E-state index contributed by atoms with van der Waals surface area (Å²) in [4.78, 5) is 33.0. The number of anilines is 1. The summed E-state index contributed by atoms with van der Waals surface area (Å²) in [5.74, 6) is -0.564. The molecular formula is C28H24N2O6S. The van der Waals surface area contributed by atoms with Crippen LogP contribution < -0.4 is 19.1 Å². The second-order valence-corrected chi connectivity index (χ2v) is 9.49. The summed E-state index contributed by atoms with van der Waals surface area (Å²) in [5.41, 5.74) is 2.55. The fourth-order valence-electron chi connectivity index (χ4n) is 4.40. The average molecular weight is 517 g/mol. The number of rotatable bonds is 6. The van der Waals surface area contributed by atoms with E-state index in [1.54, 1.807) is 49.6 Å². The van der Waals surface area contributed by atoms with Crippen LogP contribution in [-0.2, 0) is 9.59 Å². The Morgan fingerprint density at radius 1 is 0.919 bits per heavy atom. The topological polar surface area (TPSA) is 98.2 Å². The molecule has 1 N–H and O–H groups in total. The van der Waals surface area contributed by atoms with Crippen LogP contribution in [0.15, 0.2) is 66.2 Å². The van der Waals surface area contributed by atoms with E-state index >= 15 is 0 Å². The van der Waals surface area contributed by atoms with E-state index in [-0.39, 0.29) is 16.9 Å². The lowest BCUT2D eigenvalue weighted by Gasteiger charge is -2.23. The highest BCUT2D eigenvalue weighted by Gasteiger charge is 2.48. The maximum Gasteiger partial charge on any atom is 0.301 e. The number of carbonyl (C=O) groups is 2. The predicted molar refractivity (Wildman–Crippen MR) is 142 cm³/mol. The van der Waals surface area contributed by atoms with Gasteiger partial charge in [-0.05, 0) is 60.5 Å². The lowest BCUT2D eigenvalue weighted by molar-refractivity contribution is -0.132. The number of amides is 1. The SMILES string of the molecule is COc1ccc(C2/C(=C(\O)c3cc(OC)ccc3OC)C(=O)C(=O)N2c2nc3ccc(C)cc3s2)cc1. The third-order valence-electron chi connectivity index (χ3n) is 6.28. The lowest BCUT2D eigenvalue weighted by Crippen LogP contribution is -2.29. The van der Waals surface area contributed by atoms with Crippen LogP contribution in [0.5, 0.6) is 17.2 Å². The number of aliphatic hydroxyl groups excluding tert-OH is 1. The molecule has 0 aliphatic carbocycles. The van der Waals surface area contributed by atoms with Crippen molar-refractivity contribution < 1.29 is 28.9 Å². The van der Waals surface area contributed by atoms with E-state index in [2.05, 4.69) is 4.98 Å². The van der Waals surface area contributed by atoms with Crippen molar-refractivity contribution in [3.8, 4) is 17.2 Å². The molecule has 3 aromatic carbocycles. The third-order valence-corrected chi connectivity index (χ3v) is 7.29. The highest BCUT2D eigenvalue weighted by atomic mass is 32.1. The third kappa shape index (κ3) is 4.17. The molecule has 2 heterocycles. The van der Waals surface area contributed by atoms with Crippen molar-refractivity contribution >= 4 is 44.1 Å². The fourth-order valence-corrected chi connectivity index (χ4v) is 5.49. The molecule has 37 heavy (non-hydrogen) atoms. The minimum Gasteiger partial charge on any atom is -0.507 e.